The standard InChI is InChI=1S/C17H22N6O2/c24-16(21-13-5-2-1-3-6-13)12-19-17(25)22-14-7-8-15(18-11-14)23-10-4-9-20-23/h4,7-11,13H,1-3,5-6,12H2,(H,21,24)(H2,19,22,25). The highest BCUT2D eigenvalue weighted by atomic mass is 16.2. The summed E-state index contributed by atoms with van der Waals surface area (Å²) in [4.78, 5) is 28.0. The van der Waals surface area contributed by atoms with E-state index in [0.29, 0.717) is 11.5 Å². The van der Waals surface area contributed by atoms with Crippen LogP contribution in [0, 0.1) is 0 Å². The van der Waals surface area contributed by atoms with Crippen LogP contribution in [-0.4, -0.2) is 39.3 Å². The Morgan fingerprint density at radius 3 is 2.72 bits per heavy atom. The van der Waals surface area contributed by atoms with E-state index in [2.05, 4.69) is 26.0 Å². The van der Waals surface area contributed by atoms with Crippen LogP contribution in [0.5, 0.6) is 0 Å². The van der Waals surface area contributed by atoms with Crippen LogP contribution in [0.4, 0.5) is 10.5 Å². The third-order valence-electron chi connectivity index (χ3n) is 4.12. The molecule has 2 heterocycles. The summed E-state index contributed by atoms with van der Waals surface area (Å²) in [7, 11) is 0. The molecule has 3 amide bonds. The first-order valence-electron chi connectivity index (χ1n) is 8.51. The molecule has 0 unspecified atom stereocenters. The van der Waals surface area contributed by atoms with E-state index in [4.69, 9.17) is 0 Å². The van der Waals surface area contributed by atoms with Gasteiger partial charge in [-0.1, -0.05) is 19.3 Å². The Kier molecular flexibility index (Phi) is 5.61. The highest BCUT2D eigenvalue weighted by Gasteiger charge is 2.15. The predicted molar refractivity (Wildman–Crippen MR) is 93.4 cm³/mol. The van der Waals surface area contributed by atoms with Gasteiger partial charge >= 0.3 is 6.03 Å². The average Bonchev–Trinajstić information content (AvgIpc) is 3.16. The van der Waals surface area contributed by atoms with Gasteiger partial charge in [-0.25, -0.2) is 14.5 Å². The predicted octanol–water partition coefficient (Wildman–Crippen LogP) is 1.84. The smallest absolute Gasteiger partial charge is 0.319 e. The number of urea groups is 1. The molecule has 0 radical (unpaired) electrons. The Hall–Kier alpha value is -2.90. The molecule has 1 aliphatic rings. The highest BCUT2D eigenvalue weighted by Crippen LogP contribution is 2.17. The van der Waals surface area contributed by atoms with Gasteiger partial charge in [-0.3, -0.25) is 4.79 Å². The molecule has 1 saturated carbocycles. The van der Waals surface area contributed by atoms with Crippen LogP contribution in [0.15, 0.2) is 36.8 Å². The molecule has 0 aliphatic heterocycles. The summed E-state index contributed by atoms with van der Waals surface area (Å²) in [6, 6.07) is 5.08. The Morgan fingerprint density at radius 2 is 2.04 bits per heavy atom. The van der Waals surface area contributed by atoms with Gasteiger partial charge in [0.25, 0.3) is 0 Å². The minimum Gasteiger partial charge on any atom is -0.352 e. The number of amides is 3. The molecule has 2 aromatic heterocycles. The van der Waals surface area contributed by atoms with E-state index in [1.54, 1.807) is 41.5 Å². The van der Waals surface area contributed by atoms with Gasteiger partial charge in [-0.05, 0) is 31.0 Å². The van der Waals surface area contributed by atoms with Gasteiger partial charge in [0, 0.05) is 18.4 Å². The van der Waals surface area contributed by atoms with Crippen LogP contribution < -0.4 is 16.0 Å². The van der Waals surface area contributed by atoms with E-state index in [-0.39, 0.29) is 18.5 Å². The SMILES string of the molecule is O=C(CNC(=O)Nc1ccc(-n2cccn2)nc1)NC1CCCCC1. The Morgan fingerprint density at radius 1 is 1.20 bits per heavy atom. The largest absolute Gasteiger partial charge is 0.352 e. The van der Waals surface area contributed by atoms with E-state index in [1.165, 1.54) is 6.42 Å². The number of carbonyl (C=O) groups excluding carboxylic acids is 2. The van der Waals surface area contributed by atoms with Crippen LogP contribution in [0.1, 0.15) is 32.1 Å². The van der Waals surface area contributed by atoms with Crippen molar-refractivity contribution in [2.45, 2.75) is 38.1 Å². The number of nitrogens with zero attached hydrogens (tertiary/aromatic N) is 3. The molecule has 0 bridgehead atoms. The molecule has 0 saturated heterocycles. The zero-order valence-electron chi connectivity index (χ0n) is 13.9. The highest BCUT2D eigenvalue weighted by molar-refractivity contribution is 5.92. The lowest BCUT2D eigenvalue weighted by atomic mass is 9.95. The van der Waals surface area contributed by atoms with Crippen LogP contribution in [0.25, 0.3) is 5.82 Å². The van der Waals surface area contributed by atoms with Gasteiger partial charge < -0.3 is 16.0 Å². The fourth-order valence-electron chi connectivity index (χ4n) is 2.86. The Balaban J connectivity index is 1.42. The lowest BCUT2D eigenvalue weighted by Gasteiger charge is -2.22. The molecule has 1 aliphatic carbocycles. The van der Waals surface area contributed by atoms with Crippen LogP contribution in [0.3, 0.4) is 0 Å². The fraction of sp³-hybridized carbons (Fsp3) is 0.412. The average molecular weight is 342 g/mol. The Bertz CT molecular complexity index is 692. The van der Waals surface area contributed by atoms with Crippen molar-refractivity contribution in [1.29, 1.82) is 0 Å². The first-order chi connectivity index (χ1) is 12.2. The third-order valence-corrected chi connectivity index (χ3v) is 4.12. The Labute approximate surface area is 146 Å². The monoisotopic (exact) mass is 342 g/mol. The molecule has 132 valence electrons. The zero-order valence-corrected chi connectivity index (χ0v) is 13.9. The van der Waals surface area contributed by atoms with Gasteiger partial charge in [-0.15, -0.1) is 0 Å². The lowest BCUT2D eigenvalue weighted by Crippen LogP contribution is -2.43. The van der Waals surface area contributed by atoms with Crippen LogP contribution in [-0.2, 0) is 4.79 Å². The van der Waals surface area contributed by atoms with E-state index < -0.39 is 6.03 Å². The number of anilines is 1. The third kappa shape index (κ3) is 5.03. The second-order valence-electron chi connectivity index (χ2n) is 6.07. The zero-order chi connectivity index (χ0) is 17.5. The van der Waals surface area contributed by atoms with Crippen molar-refractivity contribution < 1.29 is 9.59 Å². The second-order valence-corrected chi connectivity index (χ2v) is 6.07. The number of rotatable bonds is 5. The fourth-order valence-corrected chi connectivity index (χ4v) is 2.86. The summed E-state index contributed by atoms with van der Waals surface area (Å²) in [6.45, 7) is -0.0405. The molecular weight excluding hydrogens is 320 g/mol. The molecule has 25 heavy (non-hydrogen) atoms. The van der Waals surface area contributed by atoms with Crippen molar-refractivity contribution in [2.75, 3.05) is 11.9 Å². The second kappa shape index (κ2) is 8.27. The normalized spacial score (nSPS) is 14.7. The van der Waals surface area contributed by atoms with E-state index >= 15 is 0 Å². The van der Waals surface area contributed by atoms with Gasteiger partial charge in [0.05, 0.1) is 18.4 Å². The van der Waals surface area contributed by atoms with Gasteiger partial charge in [0.15, 0.2) is 5.82 Å². The molecule has 0 aromatic carbocycles. The van der Waals surface area contributed by atoms with Crippen molar-refractivity contribution in [1.82, 2.24) is 25.4 Å². The van der Waals surface area contributed by atoms with Gasteiger partial charge in [0.1, 0.15) is 0 Å². The van der Waals surface area contributed by atoms with E-state index in [0.717, 1.165) is 25.7 Å². The summed E-state index contributed by atoms with van der Waals surface area (Å²) >= 11 is 0. The van der Waals surface area contributed by atoms with Crippen molar-refractivity contribution in [2.24, 2.45) is 0 Å². The molecule has 1 fully saturated rings. The van der Waals surface area contributed by atoms with Gasteiger partial charge in [0.2, 0.25) is 5.91 Å². The van der Waals surface area contributed by atoms with E-state index in [1.807, 2.05) is 0 Å². The van der Waals surface area contributed by atoms with Crippen molar-refractivity contribution in [3.63, 3.8) is 0 Å². The molecule has 2 aromatic rings. The van der Waals surface area contributed by atoms with Crippen LogP contribution in [0.2, 0.25) is 0 Å². The lowest BCUT2D eigenvalue weighted by molar-refractivity contribution is -0.120. The molecule has 3 rings (SSSR count). The van der Waals surface area contributed by atoms with E-state index in [9.17, 15) is 9.59 Å². The van der Waals surface area contributed by atoms with Crippen molar-refractivity contribution in [3.05, 3.63) is 36.8 Å². The van der Waals surface area contributed by atoms with Crippen molar-refractivity contribution >= 4 is 17.6 Å². The maximum atomic E-state index is 11.9. The van der Waals surface area contributed by atoms with Crippen LogP contribution >= 0.6 is 0 Å². The quantitative estimate of drug-likeness (QED) is 0.772. The molecule has 8 nitrogen and oxygen atoms in total. The minimum atomic E-state index is -0.438. The summed E-state index contributed by atoms with van der Waals surface area (Å²) in [5.74, 6) is 0.497. The maximum absolute atomic E-state index is 11.9. The minimum absolute atomic E-state index is 0.0405. The topological polar surface area (TPSA) is 101 Å². The van der Waals surface area contributed by atoms with Gasteiger partial charge in [-0.2, -0.15) is 5.10 Å². The maximum Gasteiger partial charge on any atom is 0.319 e. The molecule has 3 N–H and O–H groups in total. The van der Waals surface area contributed by atoms with Crippen molar-refractivity contribution in [3.8, 4) is 5.82 Å². The molecular formula is C17H22N6O2. The first-order valence-corrected chi connectivity index (χ1v) is 8.51. The summed E-state index contributed by atoms with van der Waals surface area (Å²) in [5, 5.41) is 12.2. The summed E-state index contributed by atoms with van der Waals surface area (Å²) in [6.07, 6.45) is 10.6. The first kappa shape index (κ1) is 16.9. The summed E-state index contributed by atoms with van der Waals surface area (Å²) in [5.41, 5.74) is 0.543. The number of carbonyl (C=O) groups is 2. The number of nitrogens with one attached hydrogen (secondary N) is 3. The number of hydrogen-bond acceptors (Lipinski definition) is 4. The number of pyridine rings is 1. The summed E-state index contributed by atoms with van der Waals surface area (Å²) < 4.78 is 1.62. The molecule has 0 spiro atoms. The molecule has 0 atom stereocenters. The molecule has 8 heteroatoms. The number of aromatic nitrogens is 3. The number of hydrogen-bond donors (Lipinski definition) is 3.